The van der Waals surface area contributed by atoms with Crippen molar-refractivity contribution in [2.45, 2.75) is 0 Å². The van der Waals surface area contributed by atoms with Crippen molar-refractivity contribution in [1.82, 2.24) is 4.90 Å². The number of ether oxygens (including phenoxy) is 1. The molecule has 21 heavy (non-hydrogen) atoms. The summed E-state index contributed by atoms with van der Waals surface area (Å²) in [5.74, 6) is -0.0923. The number of allylic oxidation sites excluding steroid dienone is 1. The molecule has 1 aromatic rings. The summed E-state index contributed by atoms with van der Waals surface area (Å²) in [6.45, 7) is 2.19. The number of morpholine rings is 1. The molecule has 1 aromatic carbocycles. The molecule has 1 amide bonds. The number of carbonyl (C=O) groups is 1. The highest BCUT2D eigenvalue weighted by Crippen LogP contribution is 2.18. The highest BCUT2D eigenvalue weighted by Gasteiger charge is 2.20. The third-order valence-electron chi connectivity index (χ3n) is 3.07. The van der Waals surface area contributed by atoms with Gasteiger partial charge >= 0.3 is 0 Å². The molecule has 1 heterocycles. The molecule has 0 spiro atoms. The van der Waals surface area contributed by atoms with Crippen molar-refractivity contribution in [3.63, 3.8) is 0 Å². The van der Waals surface area contributed by atoms with E-state index < -0.39 is 0 Å². The van der Waals surface area contributed by atoms with Crippen LogP contribution in [-0.2, 0) is 4.74 Å². The number of nitriles is 2. The molecule has 0 unspecified atom stereocenters. The summed E-state index contributed by atoms with van der Waals surface area (Å²) in [6.07, 6.45) is 1.30. The molecular formula is C15H14N4O2. The number of rotatable bonds is 3. The smallest absolute Gasteiger partial charge is 0.256 e. The fraction of sp³-hybridized carbons (Fsp3) is 0.267. The normalized spacial score (nSPS) is 13.7. The fourth-order valence-corrected chi connectivity index (χ4v) is 1.97. The first-order valence-corrected chi connectivity index (χ1v) is 6.49. The van der Waals surface area contributed by atoms with Gasteiger partial charge in [-0.05, 0) is 12.1 Å². The van der Waals surface area contributed by atoms with Crippen LogP contribution in [0, 0.1) is 22.7 Å². The number of nitrogens with one attached hydrogen (secondary N) is 1. The van der Waals surface area contributed by atoms with E-state index in [1.807, 2.05) is 0 Å². The van der Waals surface area contributed by atoms with Crippen LogP contribution in [0.4, 0.5) is 5.69 Å². The molecule has 1 fully saturated rings. The Kier molecular flexibility index (Phi) is 4.92. The first-order chi connectivity index (χ1) is 10.3. The summed E-state index contributed by atoms with van der Waals surface area (Å²) in [6, 6.07) is 10.5. The van der Waals surface area contributed by atoms with Crippen LogP contribution in [0.15, 0.2) is 36.0 Å². The largest absolute Gasteiger partial charge is 0.378 e. The molecule has 0 saturated carbocycles. The Bertz CT molecular complexity index is 618. The van der Waals surface area contributed by atoms with Crippen molar-refractivity contribution >= 4 is 11.6 Å². The van der Waals surface area contributed by atoms with E-state index in [1.54, 1.807) is 41.3 Å². The number of para-hydroxylation sites is 1. The average molecular weight is 282 g/mol. The number of amides is 1. The second-order valence-corrected chi connectivity index (χ2v) is 4.38. The van der Waals surface area contributed by atoms with E-state index in [4.69, 9.17) is 15.3 Å². The molecule has 6 heteroatoms. The average Bonchev–Trinajstić information content (AvgIpc) is 2.56. The van der Waals surface area contributed by atoms with Gasteiger partial charge in [0.05, 0.1) is 24.5 Å². The Labute approximate surface area is 122 Å². The lowest BCUT2D eigenvalue weighted by Crippen LogP contribution is -2.40. The topological polar surface area (TPSA) is 89.2 Å². The van der Waals surface area contributed by atoms with Crippen molar-refractivity contribution < 1.29 is 9.53 Å². The zero-order valence-electron chi connectivity index (χ0n) is 11.4. The van der Waals surface area contributed by atoms with Crippen molar-refractivity contribution in [2.24, 2.45) is 0 Å². The number of carbonyl (C=O) groups excluding carboxylic acids is 1. The molecule has 1 N–H and O–H groups in total. The lowest BCUT2D eigenvalue weighted by molar-refractivity contribution is 0.0303. The zero-order valence-corrected chi connectivity index (χ0v) is 11.4. The van der Waals surface area contributed by atoms with Gasteiger partial charge in [-0.25, -0.2) is 0 Å². The molecule has 106 valence electrons. The Morgan fingerprint density at radius 2 is 1.90 bits per heavy atom. The lowest BCUT2D eigenvalue weighted by atomic mass is 10.1. The van der Waals surface area contributed by atoms with Gasteiger partial charge in [-0.2, -0.15) is 10.5 Å². The summed E-state index contributed by atoms with van der Waals surface area (Å²) in [7, 11) is 0. The Balaban J connectivity index is 2.21. The van der Waals surface area contributed by atoms with E-state index in [-0.39, 0.29) is 11.5 Å². The summed E-state index contributed by atoms with van der Waals surface area (Å²) in [4.78, 5) is 14.2. The summed E-state index contributed by atoms with van der Waals surface area (Å²) < 4.78 is 5.23. The van der Waals surface area contributed by atoms with Gasteiger partial charge in [0, 0.05) is 19.3 Å². The second-order valence-electron chi connectivity index (χ2n) is 4.38. The van der Waals surface area contributed by atoms with Gasteiger partial charge in [0.1, 0.15) is 17.7 Å². The van der Waals surface area contributed by atoms with Crippen LogP contribution in [0.3, 0.4) is 0 Å². The predicted molar refractivity (Wildman–Crippen MR) is 76.1 cm³/mol. The molecular weight excluding hydrogens is 268 g/mol. The van der Waals surface area contributed by atoms with Gasteiger partial charge in [-0.1, -0.05) is 12.1 Å². The number of anilines is 1. The molecule has 1 aliphatic heterocycles. The van der Waals surface area contributed by atoms with Crippen LogP contribution in [0.2, 0.25) is 0 Å². The number of hydrogen-bond acceptors (Lipinski definition) is 5. The summed E-state index contributed by atoms with van der Waals surface area (Å²) >= 11 is 0. The van der Waals surface area contributed by atoms with Crippen molar-refractivity contribution in [3.05, 3.63) is 41.6 Å². The maximum absolute atomic E-state index is 12.5. The third kappa shape index (κ3) is 3.59. The first-order valence-electron chi connectivity index (χ1n) is 6.49. The van der Waals surface area contributed by atoms with Gasteiger partial charge in [-0.3, -0.25) is 4.79 Å². The minimum absolute atomic E-state index is 0.0522. The second kappa shape index (κ2) is 7.09. The molecule has 0 aromatic heterocycles. The quantitative estimate of drug-likeness (QED) is 0.849. The van der Waals surface area contributed by atoms with Crippen LogP contribution >= 0.6 is 0 Å². The molecule has 2 rings (SSSR count). The lowest BCUT2D eigenvalue weighted by Gasteiger charge is -2.27. The van der Waals surface area contributed by atoms with E-state index in [0.29, 0.717) is 37.6 Å². The maximum Gasteiger partial charge on any atom is 0.256 e. The maximum atomic E-state index is 12.5. The summed E-state index contributed by atoms with van der Waals surface area (Å²) in [5, 5.41) is 20.3. The SMILES string of the molecule is N#CC(C#N)=CNc1ccccc1C(=O)N1CCOCC1. The van der Waals surface area contributed by atoms with E-state index in [2.05, 4.69) is 5.32 Å². The van der Waals surface area contributed by atoms with E-state index in [9.17, 15) is 4.79 Å². The minimum Gasteiger partial charge on any atom is -0.378 e. The van der Waals surface area contributed by atoms with Crippen LogP contribution in [0.5, 0.6) is 0 Å². The molecule has 0 aliphatic carbocycles. The first kappa shape index (κ1) is 14.6. The minimum atomic E-state index is -0.0923. The van der Waals surface area contributed by atoms with E-state index in [1.165, 1.54) is 6.20 Å². The Morgan fingerprint density at radius 3 is 2.57 bits per heavy atom. The van der Waals surface area contributed by atoms with Crippen LogP contribution in [-0.4, -0.2) is 37.1 Å². The predicted octanol–water partition coefficient (Wildman–Crippen LogP) is 1.50. The summed E-state index contributed by atoms with van der Waals surface area (Å²) in [5.41, 5.74) is 1.02. The highest BCUT2D eigenvalue weighted by molar-refractivity contribution is 5.99. The third-order valence-corrected chi connectivity index (χ3v) is 3.07. The van der Waals surface area contributed by atoms with Crippen LogP contribution in [0.1, 0.15) is 10.4 Å². The highest BCUT2D eigenvalue weighted by atomic mass is 16.5. The van der Waals surface area contributed by atoms with Gasteiger partial charge in [0.25, 0.3) is 5.91 Å². The number of hydrogen-bond donors (Lipinski definition) is 1. The molecule has 1 saturated heterocycles. The standard InChI is InChI=1S/C15H14N4O2/c16-9-12(10-17)11-18-14-4-2-1-3-13(14)15(20)19-5-7-21-8-6-19/h1-4,11,18H,5-8H2. The van der Waals surface area contributed by atoms with Gasteiger partial charge in [0.2, 0.25) is 0 Å². The number of nitrogens with zero attached hydrogens (tertiary/aromatic N) is 3. The van der Waals surface area contributed by atoms with Gasteiger partial charge in [0.15, 0.2) is 0 Å². The Hall–Kier alpha value is -2.83. The zero-order chi connectivity index (χ0) is 15.1. The molecule has 1 aliphatic rings. The van der Waals surface area contributed by atoms with Gasteiger partial charge < -0.3 is 15.0 Å². The molecule has 0 radical (unpaired) electrons. The fourth-order valence-electron chi connectivity index (χ4n) is 1.97. The molecule has 6 nitrogen and oxygen atoms in total. The van der Waals surface area contributed by atoms with Gasteiger partial charge in [-0.15, -0.1) is 0 Å². The van der Waals surface area contributed by atoms with E-state index >= 15 is 0 Å². The van der Waals surface area contributed by atoms with Crippen molar-refractivity contribution in [1.29, 1.82) is 10.5 Å². The number of benzene rings is 1. The molecule has 0 atom stereocenters. The monoisotopic (exact) mass is 282 g/mol. The van der Waals surface area contributed by atoms with Crippen LogP contribution in [0.25, 0.3) is 0 Å². The van der Waals surface area contributed by atoms with E-state index in [0.717, 1.165) is 0 Å². The molecule has 0 bridgehead atoms. The van der Waals surface area contributed by atoms with Crippen molar-refractivity contribution in [3.8, 4) is 12.1 Å². The van der Waals surface area contributed by atoms with Crippen molar-refractivity contribution in [2.75, 3.05) is 31.6 Å². The Morgan fingerprint density at radius 1 is 1.24 bits per heavy atom. The van der Waals surface area contributed by atoms with Crippen LogP contribution < -0.4 is 5.32 Å².